The van der Waals surface area contributed by atoms with Gasteiger partial charge in [-0.2, -0.15) is 0 Å². The molecule has 0 unspecified atom stereocenters. The van der Waals surface area contributed by atoms with Crippen LogP contribution >= 0.6 is 12.2 Å². The predicted molar refractivity (Wildman–Crippen MR) is 115 cm³/mol. The Balaban J connectivity index is 1.62. The monoisotopic (exact) mass is 411 g/mol. The fourth-order valence-electron chi connectivity index (χ4n) is 4.14. The molecule has 1 aliphatic rings. The molecule has 0 spiro atoms. The maximum absolute atomic E-state index is 12.9. The number of carbonyl (C=O) groups is 1. The normalized spacial score (nSPS) is 21.9. The number of hydrogen-bond donors (Lipinski definition) is 2. The Morgan fingerprint density at radius 1 is 1.31 bits per heavy atom. The maximum atomic E-state index is 12.9. The van der Waals surface area contributed by atoms with Crippen molar-refractivity contribution in [1.29, 1.82) is 0 Å². The molecule has 2 heterocycles. The van der Waals surface area contributed by atoms with Crippen LogP contribution in [0.1, 0.15) is 49.2 Å². The second-order valence-electron chi connectivity index (χ2n) is 8.01. The topological polar surface area (TPSA) is 80.0 Å². The highest BCUT2D eigenvalue weighted by atomic mass is 32.1. The van der Waals surface area contributed by atoms with E-state index in [1.807, 2.05) is 0 Å². The zero-order chi connectivity index (χ0) is 20.5. The van der Waals surface area contributed by atoms with Crippen molar-refractivity contribution in [3.05, 3.63) is 63.0 Å². The summed E-state index contributed by atoms with van der Waals surface area (Å²) >= 11 is 5.37. The zero-order valence-corrected chi connectivity index (χ0v) is 17.4. The largest absolute Gasteiger partial charge is 0.467 e. The van der Waals surface area contributed by atoms with Crippen molar-refractivity contribution in [2.45, 2.75) is 45.7 Å². The van der Waals surface area contributed by atoms with Crippen LogP contribution in [-0.2, 0) is 6.54 Å². The quantitative estimate of drug-likeness (QED) is 0.629. The summed E-state index contributed by atoms with van der Waals surface area (Å²) in [5.41, 5.74) is 0.881. The number of fused-ring (bicyclic) bond motifs is 1. The molecule has 0 bridgehead atoms. The second kappa shape index (κ2) is 7.99. The lowest BCUT2D eigenvalue weighted by molar-refractivity contribution is 0.0891. The molecule has 2 aromatic heterocycles. The lowest BCUT2D eigenvalue weighted by atomic mass is 9.78. The zero-order valence-electron chi connectivity index (χ0n) is 16.6. The third-order valence-electron chi connectivity index (χ3n) is 6.16. The van der Waals surface area contributed by atoms with E-state index >= 15 is 0 Å². The highest BCUT2D eigenvalue weighted by Crippen LogP contribution is 2.29. The molecule has 1 aromatic carbocycles. The maximum Gasteiger partial charge on any atom is 0.262 e. The van der Waals surface area contributed by atoms with Gasteiger partial charge in [0, 0.05) is 11.6 Å². The van der Waals surface area contributed by atoms with E-state index in [0.717, 1.165) is 12.8 Å². The van der Waals surface area contributed by atoms with E-state index in [4.69, 9.17) is 16.6 Å². The number of aromatic amines is 1. The number of amides is 1. The molecule has 7 heteroatoms. The molecule has 6 nitrogen and oxygen atoms in total. The van der Waals surface area contributed by atoms with Gasteiger partial charge in [0.2, 0.25) is 0 Å². The third kappa shape index (κ3) is 3.92. The first kappa shape index (κ1) is 19.6. The molecule has 1 amide bonds. The molecule has 0 saturated heterocycles. The van der Waals surface area contributed by atoms with Crippen molar-refractivity contribution in [1.82, 2.24) is 14.9 Å². The number of H-pyrrole nitrogens is 1. The van der Waals surface area contributed by atoms with Gasteiger partial charge < -0.3 is 14.7 Å². The van der Waals surface area contributed by atoms with Crippen molar-refractivity contribution in [2.75, 3.05) is 0 Å². The molecular formula is C22H25N3O3S. The van der Waals surface area contributed by atoms with Crippen LogP contribution in [0, 0.1) is 16.6 Å². The van der Waals surface area contributed by atoms with Gasteiger partial charge in [0.1, 0.15) is 5.76 Å². The smallest absolute Gasteiger partial charge is 0.262 e. The first-order chi connectivity index (χ1) is 13.9. The minimum absolute atomic E-state index is 0.114. The second-order valence-corrected chi connectivity index (χ2v) is 8.40. The standard InChI is InChI=1S/C22H25N3O3S/c1-13-5-3-7-18(14(13)2)23-20(26)15-8-9-17-19(11-15)24-22(29)25(21(17)27)12-16-6-4-10-28-16/h4,6,8-11,13-14,18H,3,5,7,12H2,1-2H3,(H,23,26)(H,24,29)/t13-,14+,18+/m1/s1. The summed E-state index contributed by atoms with van der Waals surface area (Å²) in [6, 6.07) is 8.84. The van der Waals surface area contributed by atoms with E-state index in [0.29, 0.717) is 38.8 Å². The lowest BCUT2D eigenvalue weighted by Gasteiger charge is -2.34. The number of carbonyl (C=O) groups excluding carboxylic acids is 1. The van der Waals surface area contributed by atoms with Gasteiger partial charge in [0.05, 0.1) is 23.7 Å². The van der Waals surface area contributed by atoms with E-state index in [-0.39, 0.29) is 24.1 Å². The van der Waals surface area contributed by atoms with Gasteiger partial charge >= 0.3 is 0 Å². The highest BCUT2D eigenvalue weighted by molar-refractivity contribution is 7.71. The first-order valence-electron chi connectivity index (χ1n) is 10.0. The summed E-state index contributed by atoms with van der Waals surface area (Å²) in [7, 11) is 0. The Kier molecular flexibility index (Phi) is 5.41. The minimum Gasteiger partial charge on any atom is -0.467 e. The van der Waals surface area contributed by atoms with E-state index in [1.165, 1.54) is 11.0 Å². The molecule has 152 valence electrons. The number of rotatable bonds is 4. The van der Waals surface area contributed by atoms with Gasteiger partial charge in [-0.1, -0.05) is 26.7 Å². The van der Waals surface area contributed by atoms with Crippen LogP contribution in [0.4, 0.5) is 0 Å². The Labute approximate surface area is 173 Å². The molecule has 1 aliphatic carbocycles. The Bertz CT molecular complexity index is 1150. The number of nitrogens with zero attached hydrogens (tertiary/aromatic N) is 1. The van der Waals surface area contributed by atoms with Crippen molar-refractivity contribution in [3.63, 3.8) is 0 Å². The van der Waals surface area contributed by atoms with E-state index in [2.05, 4.69) is 24.1 Å². The van der Waals surface area contributed by atoms with Crippen LogP contribution in [0.15, 0.2) is 45.8 Å². The number of aromatic nitrogens is 2. The summed E-state index contributed by atoms with van der Waals surface area (Å²) in [5.74, 6) is 1.59. The van der Waals surface area contributed by atoms with Crippen molar-refractivity contribution < 1.29 is 9.21 Å². The third-order valence-corrected chi connectivity index (χ3v) is 6.48. The van der Waals surface area contributed by atoms with Gasteiger partial charge in [-0.05, 0) is 60.8 Å². The molecule has 0 radical (unpaired) electrons. The molecule has 1 saturated carbocycles. The number of furan rings is 1. The predicted octanol–water partition coefficient (Wildman–Crippen LogP) is 4.25. The average Bonchev–Trinajstić information content (AvgIpc) is 3.21. The summed E-state index contributed by atoms with van der Waals surface area (Å²) in [5, 5.41) is 3.66. The van der Waals surface area contributed by atoms with Gasteiger partial charge in [0.25, 0.3) is 11.5 Å². The summed E-state index contributed by atoms with van der Waals surface area (Å²) in [6.45, 7) is 4.71. The Hall–Kier alpha value is -2.67. The number of hydrogen-bond acceptors (Lipinski definition) is 4. The lowest BCUT2D eigenvalue weighted by Crippen LogP contribution is -2.43. The van der Waals surface area contributed by atoms with E-state index in [9.17, 15) is 9.59 Å². The highest BCUT2D eigenvalue weighted by Gasteiger charge is 2.28. The first-order valence-corrected chi connectivity index (χ1v) is 10.4. The van der Waals surface area contributed by atoms with Gasteiger partial charge in [0.15, 0.2) is 4.77 Å². The Morgan fingerprint density at radius 3 is 2.90 bits per heavy atom. The molecular weight excluding hydrogens is 386 g/mol. The molecule has 2 N–H and O–H groups in total. The van der Waals surface area contributed by atoms with Crippen LogP contribution in [0.3, 0.4) is 0 Å². The average molecular weight is 412 g/mol. The number of benzene rings is 1. The minimum atomic E-state index is -0.207. The van der Waals surface area contributed by atoms with E-state index in [1.54, 1.807) is 36.6 Å². The Morgan fingerprint density at radius 2 is 2.14 bits per heavy atom. The number of nitrogens with one attached hydrogen (secondary N) is 2. The van der Waals surface area contributed by atoms with Crippen LogP contribution in [-0.4, -0.2) is 21.5 Å². The fraction of sp³-hybridized carbons (Fsp3) is 0.409. The fourth-order valence-corrected chi connectivity index (χ4v) is 4.39. The van der Waals surface area contributed by atoms with Crippen LogP contribution < -0.4 is 10.9 Å². The van der Waals surface area contributed by atoms with Gasteiger partial charge in [-0.15, -0.1) is 0 Å². The SMILES string of the molecule is C[C@H]1[C@H](C)CCC[C@@H]1NC(=O)c1ccc2c(=O)n(Cc3ccco3)c(=S)[nH]c2c1. The van der Waals surface area contributed by atoms with Crippen molar-refractivity contribution in [2.24, 2.45) is 11.8 Å². The van der Waals surface area contributed by atoms with Gasteiger partial charge in [-0.25, -0.2) is 0 Å². The summed E-state index contributed by atoms with van der Waals surface area (Å²) in [4.78, 5) is 28.8. The van der Waals surface area contributed by atoms with Crippen LogP contribution in [0.5, 0.6) is 0 Å². The van der Waals surface area contributed by atoms with E-state index < -0.39 is 0 Å². The molecule has 0 aliphatic heterocycles. The van der Waals surface area contributed by atoms with Crippen molar-refractivity contribution >= 4 is 29.0 Å². The molecule has 29 heavy (non-hydrogen) atoms. The molecule has 4 rings (SSSR count). The molecule has 3 aromatic rings. The van der Waals surface area contributed by atoms with Crippen LogP contribution in [0.25, 0.3) is 10.9 Å². The molecule has 3 atom stereocenters. The van der Waals surface area contributed by atoms with Gasteiger partial charge in [-0.3, -0.25) is 14.2 Å². The summed E-state index contributed by atoms with van der Waals surface area (Å²) < 4.78 is 7.08. The van der Waals surface area contributed by atoms with Crippen LogP contribution in [0.2, 0.25) is 0 Å². The van der Waals surface area contributed by atoms with Crippen molar-refractivity contribution in [3.8, 4) is 0 Å². The summed E-state index contributed by atoms with van der Waals surface area (Å²) in [6.07, 6.45) is 4.92. The molecule has 1 fully saturated rings.